The van der Waals surface area contributed by atoms with Gasteiger partial charge in [-0.05, 0) is 31.2 Å². The van der Waals surface area contributed by atoms with Crippen LogP contribution in [0.3, 0.4) is 0 Å². The molecule has 1 aromatic carbocycles. The first-order valence-corrected chi connectivity index (χ1v) is 5.18. The lowest BCUT2D eigenvalue weighted by atomic mass is 10.2. The van der Waals surface area contributed by atoms with E-state index < -0.39 is 0 Å². The summed E-state index contributed by atoms with van der Waals surface area (Å²) in [6, 6.07) is 8.11. The highest BCUT2D eigenvalue weighted by atomic mass is 16.2. The number of aryl methyl sites for hydroxylation is 1. The molecule has 0 aliphatic heterocycles. The topological polar surface area (TPSA) is 43.7 Å². The fraction of sp³-hybridized carbons (Fsp3) is 0.231. The molecule has 0 aliphatic carbocycles. The fourth-order valence-corrected chi connectivity index (χ4v) is 1.39. The van der Waals surface area contributed by atoms with Crippen LogP contribution >= 0.6 is 0 Å². The lowest BCUT2D eigenvalue weighted by Crippen LogP contribution is -2.23. The Balaban J connectivity index is 2.77. The van der Waals surface area contributed by atoms with E-state index in [2.05, 4.69) is 0 Å². The van der Waals surface area contributed by atoms with Crippen molar-refractivity contribution in [3.05, 3.63) is 54.5 Å². The van der Waals surface area contributed by atoms with Gasteiger partial charge >= 0.3 is 0 Å². The maximum atomic E-state index is 8.66. The van der Waals surface area contributed by atoms with Crippen LogP contribution in [0.4, 0.5) is 5.69 Å². The average molecular weight is 219 g/mol. The fourth-order valence-electron chi connectivity index (χ4n) is 1.39. The van der Waals surface area contributed by atoms with E-state index in [1.807, 2.05) is 36.1 Å². The molecule has 3 heteroatoms. The highest BCUT2D eigenvalue weighted by molar-refractivity contribution is 5.48. The predicted octanol–water partition coefficient (Wildman–Crippen LogP) is 2.94. The normalized spacial score (nSPS) is 11.3. The summed E-state index contributed by atoms with van der Waals surface area (Å²) in [6.07, 6.45) is 5.38. The second-order valence-corrected chi connectivity index (χ2v) is 3.51. The number of aliphatic hydroxyl groups is 2. The monoisotopic (exact) mass is 219 g/mol. The van der Waals surface area contributed by atoms with E-state index in [0.29, 0.717) is 13.1 Å². The van der Waals surface area contributed by atoms with Gasteiger partial charge in [-0.15, -0.1) is 0 Å². The first-order valence-electron chi connectivity index (χ1n) is 5.18. The molecule has 1 rings (SSSR count). The van der Waals surface area contributed by atoms with Crippen molar-refractivity contribution in [2.24, 2.45) is 0 Å². The van der Waals surface area contributed by atoms with Crippen LogP contribution < -0.4 is 4.90 Å². The van der Waals surface area contributed by atoms with Gasteiger partial charge in [-0.2, -0.15) is 0 Å². The number of hydrogen-bond acceptors (Lipinski definition) is 3. The Morgan fingerprint density at radius 1 is 1.00 bits per heavy atom. The van der Waals surface area contributed by atoms with E-state index in [-0.39, 0.29) is 0 Å². The first-order chi connectivity index (χ1) is 7.77. The third-order valence-electron chi connectivity index (χ3n) is 2.26. The third kappa shape index (κ3) is 3.69. The minimum absolute atomic E-state index is 0.601. The molecule has 86 valence electrons. The number of aliphatic hydroxyl groups excluding tert-OH is 2. The second kappa shape index (κ2) is 6.56. The Morgan fingerprint density at radius 2 is 1.50 bits per heavy atom. The van der Waals surface area contributed by atoms with Gasteiger partial charge in [-0.3, -0.25) is 0 Å². The van der Waals surface area contributed by atoms with Gasteiger partial charge in [0.05, 0.1) is 12.5 Å². The van der Waals surface area contributed by atoms with Crippen LogP contribution in [0.1, 0.15) is 5.56 Å². The van der Waals surface area contributed by atoms with E-state index in [4.69, 9.17) is 10.2 Å². The van der Waals surface area contributed by atoms with Gasteiger partial charge < -0.3 is 15.1 Å². The van der Waals surface area contributed by atoms with Gasteiger partial charge in [0.2, 0.25) is 0 Å². The Morgan fingerprint density at radius 3 is 1.94 bits per heavy atom. The zero-order valence-electron chi connectivity index (χ0n) is 9.37. The van der Waals surface area contributed by atoms with Crippen molar-refractivity contribution in [1.29, 1.82) is 0 Å². The van der Waals surface area contributed by atoms with Crippen LogP contribution in [0.15, 0.2) is 48.9 Å². The molecule has 0 fully saturated rings. The molecule has 3 nitrogen and oxygen atoms in total. The van der Waals surface area contributed by atoms with Crippen LogP contribution in [0.5, 0.6) is 0 Å². The molecule has 0 saturated heterocycles. The van der Waals surface area contributed by atoms with Crippen molar-refractivity contribution in [2.75, 3.05) is 18.0 Å². The Kier molecular flexibility index (Phi) is 4.99. The van der Waals surface area contributed by atoms with E-state index in [0.717, 1.165) is 18.2 Å². The van der Waals surface area contributed by atoms with Gasteiger partial charge in [0.15, 0.2) is 0 Å². The molecule has 0 atom stereocenters. The summed E-state index contributed by atoms with van der Waals surface area (Å²) in [6.45, 7) is 3.24. The molecule has 0 aliphatic rings. The van der Waals surface area contributed by atoms with Gasteiger partial charge in [-0.25, -0.2) is 0 Å². The molecule has 0 saturated carbocycles. The highest BCUT2D eigenvalue weighted by Crippen LogP contribution is 2.14. The van der Waals surface area contributed by atoms with Crippen molar-refractivity contribution < 1.29 is 10.2 Å². The van der Waals surface area contributed by atoms with Gasteiger partial charge in [0.1, 0.15) is 0 Å². The van der Waals surface area contributed by atoms with Crippen molar-refractivity contribution >= 4 is 5.69 Å². The Labute approximate surface area is 96.0 Å². The molecular formula is C13H17NO2. The number of anilines is 1. The standard InChI is InChI=1S/C13H17NO2/c1-12-4-6-13(7-5-12)14(8-2-10-15)9-3-11-16/h2-7,10-11,15-16H,8-9H2,1H3. The van der Waals surface area contributed by atoms with Gasteiger partial charge in [-0.1, -0.05) is 17.7 Å². The number of hydrogen-bond donors (Lipinski definition) is 2. The summed E-state index contributed by atoms with van der Waals surface area (Å²) < 4.78 is 0. The second-order valence-electron chi connectivity index (χ2n) is 3.51. The van der Waals surface area contributed by atoms with Crippen LogP contribution in [0, 0.1) is 6.92 Å². The van der Waals surface area contributed by atoms with Crippen LogP contribution in [-0.4, -0.2) is 23.3 Å². The van der Waals surface area contributed by atoms with E-state index in [1.165, 1.54) is 5.56 Å². The molecule has 0 heterocycles. The Hall–Kier alpha value is -1.90. The maximum Gasteiger partial charge on any atom is 0.0769 e. The lowest BCUT2D eigenvalue weighted by molar-refractivity contribution is 0.470. The molecule has 16 heavy (non-hydrogen) atoms. The summed E-state index contributed by atoms with van der Waals surface area (Å²) in [5.74, 6) is 0. The summed E-state index contributed by atoms with van der Waals surface area (Å²) >= 11 is 0. The quantitative estimate of drug-likeness (QED) is 0.748. The van der Waals surface area contributed by atoms with Gasteiger partial charge in [0, 0.05) is 18.8 Å². The molecule has 0 bridgehead atoms. The van der Waals surface area contributed by atoms with E-state index in [1.54, 1.807) is 12.2 Å². The van der Waals surface area contributed by atoms with Crippen LogP contribution in [0.25, 0.3) is 0 Å². The zero-order valence-corrected chi connectivity index (χ0v) is 9.37. The smallest absolute Gasteiger partial charge is 0.0769 e. The van der Waals surface area contributed by atoms with Crippen LogP contribution in [0.2, 0.25) is 0 Å². The van der Waals surface area contributed by atoms with E-state index >= 15 is 0 Å². The number of nitrogens with zero attached hydrogens (tertiary/aromatic N) is 1. The SMILES string of the molecule is Cc1ccc(N(CC=CO)CC=CO)cc1. The predicted molar refractivity (Wildman–Crippen MR) is 66.9 cm³/mol. The van der Waals surface area contributed by atoms with Crippen molar-refractivity contribution in [2.45, 2.75) is 6.92 Å². The van der Waals surface area contributed by atoms with Crippen molar-refractivity contribution in [1.82, 2.24) is 0 Å². The summed E-state index contributed by atoms with van der Waals surface area (Å²) in [7, 11) is 0. The lowest BCUT2D eigenvalue weighted by Gasteiger charge is -2.21. The highest BCUT2D eigenvalue weighted by Gasteiger charge is 2.02. The molecule has 2 N–H and O–H groups in total. The van der Waals surface area contributed by atoms with Gasteiger partial charge in [0.25, 0.3) is 0 Å². The minimum Gasteiger partial charge on any atom is -0.516 e. The molecule has 0 amide bonds. The Bertz CT molecular complexity index is 341. The minimum atomic E-state index is 0.601. The summed E-state index contributed by atoms with van der Waals surface area (Å²) in [5, 5.41) is 17.3. The van der Waals surface area contributed by atoms with Crippen molar-refractivity contribution in [3.8, 4) is 0 Å². The molecule has 1 aromatic rings. The molecule has 0 aromatic heterocycles. The van der Waals surface area contributed by atoms with Crippen LogP contribution in [-0.2, 0) is 0 Å². The molecule has 0 radical (unpaired) electrons. The molecular weight excluding hydrogens is 202 g/mol. The number of benzene rings is 1. The van der Waals surface area contributed by atoms with Crippen molar-refractivity contribution in [3.63, 3.8) is 0 Å². The number of rotatable bonds is 5. The molecule has 0 spiro atoms. The average Bonchev–Trinajstić information content (AvgIpc) is 2.31. The first kappa shape index (κ1) is 12.2. The molecule has 0 unspecified atom stereocenters. The summed E-state index contributed by atoms with van der Waals surface area (Å²) in [4.78, 5) is 2.03. The summed E-state index contributed by atoms with van der Waals surface area (Å²) in [5.41, 5.74) is 2.26. The maximum absolute atomic E-state index is 8.66. The third-order valence-corrected chi connectivity index (χ3v) is 2.26. The van der Waals surface area contributed by atoms with E-state index in [9.17, 15) is 0 Å². The largest absolute Gasteiger partial charge is 0.516 e. The zero-order chi connectivity index (χ0) is 11.8.